The molecule has 0 fully saturated rings. The minimum atomic E-state index is -0.300. The fourth-order valence-electron chi connectivity index (χ4n) is 3.31. The van der Waals surface area contributed by atoms with Crippen LogP contribution in [0, 0.1) is 13.8 Å². The molecule has 2 N–H and O–H groups in total. The maximum Gasteiger partial charge on any atom is 0.255 e. The number of benzene rings is 1. The summed E-state index contributed by atoms with van der Waals surface area (Å²) < 4.78 is 0. The standard InChI is InChI=1S/C23H27N5O2/c1-4-28(19-9-5-7-16(2)13-19)12-11-25-21(29)14-20-17(3)26-22(27-23(20)30)18-8-6-10-24-15-18/h5-10,13,15H,4,11-12,14H2,1-3H3,(H,25,29)(H,26,27,30). The van der Waals surface area contributed by atoms with E-state index in [-0.39, 0.29) is 17.9 Å². The third kappa shape index (κ3) is 5.31. The lowest BCUT2D eigenvalue weighted by Gasteiger charge is -2.23. The molecular weight excluding hydrogens is 378 g/mol. The number of aromatic nitrogens is 3. The van der Waals surface area contributed by atoms with Gasteiger partial charge in [0.2, 0.25) is 5.91 Å². The van der Waals surface area contributed by atoms with Crippen LogP contribution in [0.5, 0.6) is 0 Å². The predicted octanol–water partition coefficient (Wildman–Crippen LogP) is 2.63. The van der Waals surface area contributed by atoms with Gasteiger partial charge in [-0.15, -0.1) is 0 Å². The average Bonchev–Trinajstić information content (AvgIpc) is 2.74. The molecule has 0 bridgehead atoms. The number of nitrogens with zero attached hydrogens (tertiary/aromatic N) is 3. The van der Waals surface area contributed by atoms with Gasteiger partial charge in [-0.2, -0.15) is 0 Å². The maximum atomic E-state index is 12.5. The van der Waals surface area contributed by atoms with Gasteiger partial charge in [-0.25, -0.2) is 4.98 Å². The number of hydrogen-bond acceptors (Lipinski definition) is 5. The van der Waals surface area contributed by atoms with Crippen molar-refractivity contribution >= 4 is 11.6 Å². The highest BCUT2D eigenvalue weighted by atomic mass is 16.2. The molecule has 1 amide bonds. The number of carbonyl (C=O) groups is 1. The largest absolute Gasteiger partial charge is 0.370 e. The number of likely N-dealkylation sites (N-methyl/N-ethyl adjacent to an activating group) is 1. The van der Waals surface area contributed by atoms with Gasteiger partial charge in [-0.3, -0.25) is 14.6 Å². The minimum absolute atomic E-state index is 0.00193. The molecule has 0 aliphatic heterocycles. The number of pyridine rings is 1. The summed E-state index contributed by atoms with van der Waals surface area (Å²) in [4.78, 5) is 38.4. The molecule has 30 heavy (non-hydrogen) atoms. The molecule has 3 rings (SSSR count). The number of carbonyl (C=O) groups excluding carboxylic acids is 1. The Morgan fingerprint density at radius 1 is 1.20 bits per heavy atom. The van der Waals surface area contributed by atoms with Crippen LogP contribution in [0.15, 0.2) is 53.6 Å². The SMILES string of the molecule is CCN(CCNC(=O)Cc1c(C)nc(-c2cccnc2)[nH]c1=O)c1cccc(C)c1. The third-order valence-electron chi connectivity index (χ3n) is 4.95. The topological polar surface area (TPSA) is 91.0 Å². The van der Waals surface area contributed by atoms with Crippen molar-refractivity contribution in [3.8, 4) is 11.4 Å². The lowest BCUT2D eigenvalue weighted by atomic mass is 10.1. The Labute approximate surface area is 176 Å². The zero-order valence-corrected chi connectivity index (χ0v) is 17.6. The van der Waals surface area contributed by atoms with Crippen LogP contribution in [-0.4, -0.2) is 40.5 Å². The highest BCUT2D eigenvalue weighted by molar-refractivity contribution is 5.78. The molecule has 0 aliphatic rings. The number of aromatic amines is 1. The second kappa shape index (κ2) is 9.82. The van der Waals surface area contributed by atoms with Crippen molar-refractivity contribution in [1.82, 2.24) is 20.3 Å². The van der Waals surface area contributed by atoms with E-state index in [1.807, 2.05) is 12.1 Å². The van der Waals surface area contributed by atoms with Crippen molar-refractivity contribution < 1.29 is 4.79 Å². The lowest BCUT2D eigenvalue weighted by Crippen LogP contribution is -2.36. The fraction of sp³-hybridized carbons (Fsp3) is 0.304. The zero-order valence-electron chi connectivity index (χ0n) is 17.6. The smallest absolute Gasteiger partial charge is 0.255 e. The predicted molar refractivity (Wildman–Crippen MR) is 119 cm³/mol. The summed E-state index contributed by atoms with van der Waals surface area (Å²) >= 11 is 0. The number of nitrogens with one attached hydrogen (secondary N) is 2. The van der Waals surface area contributed by atoms with E-state index in [1.54, 1.807) is 25.4 Å². The van der Waals surface area contributed by atoms with Crippen LogP contribution in [0.25, 0.3) is 11.4 Å². The van der Waals surface area contributed by atoms with E-state index in [0.717, 1.165) is 17.8 Å². The first kappa shape index (κ1) is 21.2. The van der Waals surface area contributed by atoms with E-state index >= 15 is 0 Å². The van der Waals surface area contributed by atoms with Crippen LogP contribution in [0.1, 0.15) is 23.7 Å². The van der Waals surface area contributed by atoms with Crippen molar-refractivity contribution in [1.29, 1.82) is 0 Å². The van der Waals surface area contributed by atoms with Crippen LogP contribution >= 0.6 is 0 Å². The summed E-state index contributed by atoms with van der Waals surface area (Å²) in [6, 6.07) is 11.9. The molecule has 0 unspecified atom stereocenters. The number of amides is 1. The van der Waals surface area contributed by atoms with E-state index in [9.17, 15) is 9.59 Å². The first-order valence-corrected chi connectivity index (χ1v) is 10.1. The van der Waals surface area contributed by atoms with Gasteiger partial charge in [0.1, 0.15) is 5.82 Å². The van der Waals surface area contributed by atoms with E-state index in [1.165, 1.54) is 5.56 Å². The highest BCUT2D eigenvalue weighted by Crippen LogP contribution is 2.15. The van der Waals surface area contributed by atoms with Crippen molar-refractivity contribution in [2.75, 3.05) is 24.5 Å². The number of rotatable bonds is 8. The second-order valence-electron chi connectivity index (χ2n) is 7.17. The van der Waals surface area contributed by atoms with Crippen molar-refractivity contribution in [3.05, 3.63) is 76.0 Å². The molecule has 2 aromatic heterocycles. The van der Waals surface area contributed by atoms with E-state index in [4.69, 9.17) is 0 Å². The highest BCUT2D eigenvalue weighted by Gasteiger charge is 2.14. The van der Waals surface area contributed by atoms with Crippen LogP contribution in [0.2, 0.25) is 0 Å². The van der Waals surface area contributed by atoms with Gasteiger partial charge in [-0.1, -0.05) is 12.1 Å². The van der Waals surface area contributed by atoms with E-state index < -0.39 is 0 Å². The molecule has 1 aromatic carbocycles. The molecule has 0 spiro atoms. The van der Waals surface area contributed by atoms with Gasteiger partial charge in [-0.05, 0) is 50.6 Å². The molecular formula is C23H27N5O2. The van der Waals surface area contributed by atoms with Gasteiger partial charge in [0, 0.05) is 54.5 Å². The van der Waals surface area contributed by atoms with Crippen LogP contribution in [0.3, 0.4) is 0 Å². The first-order valence-electron chi connectivity index (χ1n) is 10.1. The van der Waals surface area contributed by atoms with Gasteiger partial charge in [0.15, 0.2) is 0 Å². The number of aryl methyl sites for hydroxylation is 2. The fourth-order valence-corrected chi connectivity index (χ4v) is 3.31. The monoisotopic (exact) mass is 405 g/mol. The molecule has 0 saturated heterocycles. The van der Waals surface area contributed by atoms with Gasteiger partial charge in [0.05, 0.1) is 6.42 Å². The van der Waals surface area contributed by atoms with Crippen molar-refractivity contribution in [2.45, 2.75) is 27.2 Å². The summed E-state index contributed by atoms with van der Waals surface area (Å²) in [7, 11) is 0. The molecule has 2 heterocycles. The number of hydrogen-bond donors (Lipinski definition) is 2. The zero-order chi connectivity index (χ0) is 21.5. The Bertz CT molecular complexity index is 1060. The molecule has 0 atom stereocenters. The van der Waals surface area contributed by atoms with E-state index in [0.29, 0.717) is 30.2 Å². The quantitative estimate of drug-likeness (QED) is 0.601. The molecule has 156 valence electrons. The Kier molecular flexibility index (Phi) is 6.95. The van der Waals surface area contributed by atoms with Crippen molar-refractivity contribution in [2.24, 2.45) is 0 Å². The summed E-state index contributed by atoms with van der Waals surface area (Å²) in [6.07, 6.45) is 3.29. The van der Waals surface area contributed by atoms with Crippen molar-refractivity contribution in [3.63, 3.8) is 0 Å². The molecule has 0 saturated carbocycles. The number of H-pyrrole nitrogens is 1. The third-order valence-corrected chi connectivity index (χ3v) is 4.95. The summed E-state index contributed by atoms with van der Waals surface area (Å²) in [5.74, 6) is 0.256. The molecule has 0 aliphatic carbocycles. The van der Waals surface area contributed by atoms with Crippen LogP contribution < -0.4 is 15.8 Å². The molecule has 7 heteroatoms. The molecule has 7 nitrogen and oxygen atoms in total. The first-order chi connectivity index (χ1) is 14.5. The number of anilines is 1. The summed E-state index contributed by atoms with van der Waals surface area (Å²) in [5, 5.41) is 2.91. The Morgan fingerprint density at radius 2 is 2.03 bits per heavy atom. The Balaban J connectivity index is 1.60. The van der Waals surface area contributed by atoms with Gasteiger partial charge in [0.25, 0.3) is 5.56 Å². The van der Waals surface area contributed by atoms with Gasteiger partial charge < -0.3 is 15.2 Å². The van der Waals surface area contributed by atoms with Crippen LogP contribution in [0.4, 0.5) is 5.69 Å². The molecule has 0 radical (unpaired) electrons. The normalized spacial score (nSPS) is 10.6. The summed E-state index contributed by atoms with van der Waals surface area (Å²) in [6.45, 7) is 7.93. The minimum Gasteiger partial charge on any atom is -0.370 e. The Hall–Kier alpha value is -3.48. The maximum absolute atomic E-state index is 12.5. The molecule has 3 aromatic rings. The Morgan fingerprint density at radius 3 is 2.70 bits per heavy atom. The average molecular weight is 406 g/mol. The second-order valence-corrected chi connectivity index (χ2v) is 7.17. The van der Waals surface area contributed by atoms with Gasteiger partial charge >= 0.3 is 0 Å². The summed E-state index contributed by atoms with van der Waals surface area (Å²) in [5.41, 5.74) is 3.69. The van der Waals surface area contributed by atoms with Crippen LogP contribution in [-0.2, 0) is 11.2 Å². The van der Waals surface area contributed by atoms with E-state index in [2.05, 4.69) is 57.2 Å². The lowest BCUT2D eigenvalue weighted by molar-refractivity contribution is -0.120.